The number of hydrogen-bond donors (Lipinski definition) is 2. The fourth-order valence-corrected chi connectivity index (χ4v) is 5.06. The van der Waals surface area contributed by atoms with E-state index in [1.165, 1.54) is 34.6 Å². The van der Waals surface area contributed by atoms with Crippen molar-refractivity contribution in [2.75, 3.05) is 26.7 Å². The SMILES string of the molecule is CCCN(C)C(=O)c1cc(C(=O)NCCCNCc2cccc(CC)c2)cc(-c2nccs2)c1.Cc1cc(F)cc(F)c1. The Bertz CT molecular complexity index is 1430. The molecule has 2 amide bonds. The molecule has 0 aliphatic heterocycles. The fourth-order valence-electron chi connectivity index (χ4n) is 4.43. The monoisotopic (exact) mass is 606 g/mol. The van der Waals surface area contributed by atoms with Crippen molar-refractivity contribution >= 4 is 23.2 Å². The highest BCUT2D eigenvalue weighted by atomic mass is 32.1. The van der Waals surface area contributed by atoms with Crippen LogP contribution in [0.5, 0.6) is 0 Å². The van der Waals surface area contributed by atoms with Crippen LogP contribution in [0.25, 0.3) is 10.6 Å². The van der Waals surface area contributed by atoms with E-state index in [2.05, 4.69) is 46.8 Å². The number of amides is 2. The van der Waals surface area contributed by atoms with E-state index in [-0.39, 0.29) is 11.8 Å². The highest BCUT2D eigenvalue weighted by Crippen LogP contribution is 2.25. The normalized spacial score (nSPS) is 10.6. The molecule has 0 fully saturated rings. The second kappa shape index (κ2) is 17.2. The summed E-state index contributed by atoms with van der Waals surface area (Å²) in [4.78, 5) is 31.8. The highest BCUT2D eigenvalue weighted by molar-refractivity contribution is 7.13. The Hall–Kier alpha value is -3.95. The van der Waals surface area contributed by atoms with Gasteiger partial charge < -0.3 is 15.5 Å². The van der Waals surface area contributed by atoms with Crippen LogP contribution in [0.3, 0.4) is 0 Å². The number of hydrogen-bond acceptors (Lipinski definition) is 5. The number of aromatic nitrogens is 1. The molecule has 4 rings (SSSR count). The van der Waals surface area contributed by atoms with E-state index in [1.54, 1.807) is 31.1 Å². The molecule has 9 heteroatoms. The quantitative estimate of drug-likeness (QED) is 0.170. The third-order valence-corrected chi connectivity index (χ3v) is 7.40. The van der Waals surface area contributed by atoms with Gasteiger partial charge in [0.05, 0.1) is 0 Å². The summed E-state index contributed by atoms with van der Waals surface area (Å²) in [6.45, 7) is 8.68. The second-order valence-electron chi connectivity index (χ2n) is 10.3. The Morgan fingerprint density at radius 3 is 2.30 bits per heavy atom. The number of thiazole rings is 1. The van der Waals surface area contributed by atoms with Crippen molar-refractivity contribution in [1.82, 2.24) is 20.5 Å². The lowest BCUT2D eigenvalue weighted by atomic mass is 10.0. The molecule has 0 aliphatic carbocycles. The van der Waals surface area contributed by atoms with Crippen molar-refractivity contribution in [2.24, 2.45) is 0 Å². The first kappa shape index (κ1) is 33.6. The zero-order valence-electron chi connectivity index (χ0n) is 25.3. The van der Waals surface area contributed by atoms with E-state index < -0.39 is 11.6 Å². The minimum absolute atomic E-state index is 0.0920. The molecule has 6 nitrogen and oxygen atoms in total. The van der Waals surface area contributed by atoms with Gasteiger partial charge in [-0.2, -0.15) is 0 Å². The fraction of sp³-hybridized carbons (Fsp3) is 0.324. The molecule has 2 N–H and O–H groups in total. The molecule has 0 saturated carbocycles. The number of nitrogens with one attached hydrogen (secondary N) is 2. The number of rotatable bonds is 12. The zero-order valence-corrected chi connectivity index (χ0v) is 26.1. The van der Waals surface area contributed by atoms with Gasteiger partial charge in [0.25, 0.3) is 11.8 Å². The van der Waals surface area contributed by atoms with Gasteiger partial charge >= 0.3 is 0 Å². The third-order valence-electron chi connectivity index (χ3n) is 6.58. The van der Waals surface area contributed by atoms with Gasteiger partial charge in [0.15, 0.2) is 0 Å². The highest BCUT2D eigenvalue weighted by Gasteiger charge is 2.17. The molecular weight excluding hydrogens is 566 g/mol. The molecule has 0 saturated heterocycles. The van der Waals surface area contributed by atoms with Crippen molar-refractivity contribution in [1.29, 1.82) is 0 Å². The molecule has 43 heavy (non-hydrogen) atoms. The zero-order chi connectivity index (χ0) is 31.2. The van der Waals surface area contributed by atoms with Crippen LogP contribution in [0, 0.1) is 18.6 Å². The molecule has 1 heterocycles. The molecule has 4 aromatic rings. The second-order valence-corrected chi connectivity index (χ2v) is 11.2. The summed E-state index contributed by atoms with van der Waals surface area (Å²) in [5, 5.41) is 9.10. The molecule has 0 spiro atoms. The van der Waals surface area contributed by atoms with Crippen LogP contribution in [0.4, 0.5) is 8.78 Å². The molecule has 0 radical (unpaired) electrons. The lowest BCUT2D eigenvalue weighted by Crippen LogP contribution is -2.29. The van der Waals surface area contributed by atoms with E-state index in [0.29, 0.717) is 29.8 Å². The summed E-state index contributed by atoms with van der Waals surface area (Å²) in [7, 11) is 1.78. The number of carbonyl (C=O) groups is 2. The predicted molar refractivity (Wildman–Crippen MR) is 170 cm³/mol. The van der Waals surface area contributed by atoms with Gasteiger partial charge in [-0.25, -0.2) is 13.8 Å². The van der Waals surface area contributed by atoms with Crippen LogP contribution in [0.1, 0.15) is 64.1 Å². The van der Waals surface area contributed by atoms with Crippen molar-refractivity contribution in [2.45, 2.75) is 46.6 Å². The Morgan fingerprint density at radius 2 is 1.65 bits per heavy atom. The Kier molecular flexibility index (Phi) is 13.4. The molecule has 1 aromatic heterocycles. The summed E-state index contributed by atoms with van der Waals surface area (Å²) in [6, 6.07) is 17.3. The van der Waals surface area contributed by atoms with E-state index in [9.17, 15) is 18.4 Å². The average Bonchev–Trinajstić information content (AvgIpc) is 3.53. The maximum atomic E-state index is 12.9. The topological polar surface area (TPSA) is 74.3 Å². The van der Waals surface area contributed by atoms with E-state index in [1.807, 2.05) is 24.4 Å². The van der Waals surface area contributed by atoms with Crippen LogP contribution in [-0.2, 0) is 13.0 Å². The number of benzene rings is 3. The third kappa shape index (κ3) is 11.0. The summed E-state index contributed by atoms with van der Waals surface area (Å²) in [5.74, 6) is -1.31. The number of carbonyl (C=O) groups excluding carboxylic acids is 2. The van der Waals surface area contributed by atoms with Crippen LogP contribution in [-0.4, -0.2) is 48.4 Å². The molecule has 3 aromatic carbocycles. The maximum Gasteiger partial charge on any atom is 0.253 e. The van der Waals surface area contributed by atoms with Gasteiger partial charge in [0.1, 0.15) is 16.6 Å². The molecule has 0 bridgehead atoms. The van der Waals surface area contributed by atoms with Crippen molar-refractivity contribution in [3.8, 4) is 10.6 Å². The van der Waals surface area contributed by atoms with Crippen molar-refractivity contribution in [3.05, 3.63) is 112 Å². The van der Waals surface area contributed by atoms with Crippen LogP contribution < -0.4 is 10.6 Å². The summed E-state index contributed by atoms with van der Waals surface area (Å²) < 4.78 is 24.4. The largest absolute Gasteiger partial charge is 0.352 e. The summed E-state index contributed by atoms with van der Waals surface area (Å²) in [6.07, 6.45) is 4.45. The first-order valence-corrected chi connectivity index (χ1v) is 15.4. The average molecular weight is 607 g/mol. The number of halogens is 2. The van der Waals surface area contributed by atoms with Gasteiger partial charge in [0.2, 0.25) is 0 Å². The molecule has 0 aliphatic rings. The Balaban J connectivity index is 0.000000480. The minimum atomic E-state index is -0.521. The molecule has 0 unspecified atom stereocenters. The first-order valence-electron chi connectivity index (χ1n) is 14.5. The molecule has 228 valence electrons. The Morgan fingerprint density at radius 1 is 0.930 bits per heavy atom. The smallest absolute Gasteiger partial charge is 0.253 e. The van der Waals surface area contributed by atoms with Crippen molar-refractivity contribution < 1.29 is 18.4 Å². The number of nitrogens with zero attached hydrogens (tertiary/aromatic N) is 2. The molecular formula is C34H40F2N4O2S. The van der Waals surface area contributed by atoms with E-state index in [0.717, 1.165) is 49.0 Å². The van der Waals surface area contributed by atoms with Gasteiger partial charge in [-0.05, 0) is 79.8 Å². The van der Waals surface area contributed by atoms with Gasteiger partial charge in [-0.3, -0.25) is 9.59 Å². The van der Waals surface area contributed by atoms with E-state index in [4.69, 9.17) is 0 Å². The van der Waals surface area contributed by atoms with Gasteiger partial charge in [-0.1, -0.05) is 38.1 Å². The lowest BCUT2D eigenvalue weighted by molar-refractivity contribution is 0.0795. The van der Waals surface area contributed by atoms with E-state index >= 15 is 0 Å². The maximum absolute atomic E-state index is 12.9. The predicted octanol–water partition coefficient (Wildman–Crippen LogP) is 7.04. The standard InChI is InChI=1S/C27H34N4O2S.C7H6F2/c1-4-13-31(3)27(33)24-17-22(16-23(18-24)26-30-12-14-34-26)25(32)29-11-7-10-28-19-21-9-6-8-20(5-2)15-21;1-5-2-6(8)4-7(9)3-5/h6,8-9,12,14-18,28H,4-5,7,10-11,13,19H2,1-3H3,(H,29,32);2-4H,1H3. The molecule has 0 atom stereocenters. The summed E-state index contributed by atoms with van der Waals surface area (Å²) in [5.41, 5.74) is 4.98. The Labute approximate surface area is 257 Å². The van der Waals surface area contributed by atoms with Crippen LogP contribution >= 0.6 is 11.3 Å². The number of aryl methyl sites for hydroxylation is 2. The minimum Gasteiger partial charge on any atom is -0.352 e. The van der Waals surface area contributed by atoms with Crippen LogP contribution in [0.2, 0.25) is 0 Å². The van der Waals surface area contributed by atoms with Gasteiger partial charge in [-0.15, -0.1) is 11.3 Å². The van der Waals surface area contributed by atoms with Crippen LogP contribution in [0.15, 0.2) is 72.2 Å². The van der Waals surface area contributed by atoms with Gasteiger partial charge in [0, 0.05) is 61.0 Å². The lowest BCUT2D eigenvalue weighted by Gasteiger charge is -2.17. The first-order chi connectivity index (χ1) is 20.7. The summed E-state index contributed by atoms with van der Waals surface area (Å²) >= 11 is 1.49. The van der Waals surface area contributed by atoms with Crippen molar-refractivity contribution in [3.63, 3.8) is 0 Å².